The third kappa shape index (κ3) is 1.10. The standard InChI is InChI=1S/C12H21NO/c14-9-11-5-12(6-11,8-13-7-11)10-3-1-2-4-10/h10,13-14H,1-9H2. The Hall–Kier alpha value is -0.0800. The van der Waals surface area contributed by atoms with Crippen molar-refractivity contribution in [2.24, 2.45) is 16.7 Å². The zero-order valence-electron chi connectivity index (χ0n) is 8.89. The first-order valence-electron chi connectivity index (χ1n) is 6.10. The molecule has 0 aromatic rings. The highest BCUT2D eigenvalue weighted by Crippen LogP contribution is 2.62. The minimum Gasteiger partial charge on any atom is -0.396 e. The lowest BCUT2D eigenvalue weighted by Gasteiger charge is -2.63. The van der Waals surface area contributed by atoms with Gasteiger partial charge in [-0.3, -0.25) is 0 Å². The maximum absolute atomic E-state index is 9.41. The molecule has 0 amide bonds. The maximum Gasteiger partial charge on any atom is 0.0500 e. The van der Waals surface area contributed by atoms with Crippen molar-refractivity contribution in [1.29, 1.82) is 0 Å². The summed E-state index contributed by atoms with van der Waals surface area (Å²) in [7, 11) is 0. The summed E-state index contributed by atoms with van der Waals surface area (Å²) >= 11 is 0. The number of hydrogen-bond donors (Lipinski definition) is 2. The molecule has 2 nitrogen and oxygen atoms in total. The number of hydrogen-bond acceptors (Lipinski definition) is 2. The zero-order chi connectivity index (χ0) is 9.65. The fourth-order valence-corrected chi connectivity index (χ4v) is 4.41. The maximum atomic E-state index is 9.41. The number of rotatable bonds is 2. The highest BCUT2D eigenvalue weighted by atomic mass is 16.3. The monoisotopic (exact) mass is 195 g/mol. The molecule has 0 unspecified atom stereocenters. The van der Waals surface area contributed by atoms with E-state index < -0.39 is 0 Å². The molecule has 0 spiro atoms. The minimum atomic E-state index is 0.279. The molecule has 0 atom stereocenters. The molecule has 2 N–H and O–H groups in total. The summed E-state index contributed by atoms with van der Waals surface area (Å²) < 4.78 is 0. The van der Waals surface area contributed by atoms with Crippen molar-refractivity contribution in [3.05, 3.63) is 0 Å². The van der Waals surface area contributed by atoms with Gasteiger partial charge in [0.25, 0.3) is 0 Å². The Morgan fingerprint density at radius 1 is 1.14 bits per heavy atom. The van der Waals surface area contributed by atoms with Crippen LogP contribution in [0.3, 0.4) is 0 Å². The second-order valence-corrected chi connectivity index (χ2v) is 5.96. The normalized spacial score (nSPS) is 47.8. The topological polar surface area (TPSA) is 32.3 Å². The van der Waals surface area contributed by atoms with E-state index in [-0.39, 0.29) is 5.41 Å². The van der Waals surface area contributed by atoms with Crippen LogP contribution in [-0.4, -0.2) is 24.8 Å². The Labute approximate surface area is 86.1 Å². The number of aliphatic hydroxyl groups is 1. The number of fused-ring (bicyclic) bond motifs is 2. The van der Waals surface area contributed by atoms with Crippen molar-refractivity contribution in [2.45, 2.75) is 38.5 Å². The summed E-state index contributed by atoms with van der Waals surface area (Å²) in [6.45, 7) is 2.67. The molecule has 2 bridgehead atoms. The average Bonchev–Trinajstić information content (AvgIpc) is 2.70. The molecule has 2 saturated carbocycles. The quantitative estimate of drug-likeness (QED) is 0.700. The van der Waals surface area contributed by atoms with E-state index in [4.69, 9.17) is 0 Å². The molecule has 14 heavy (non-hydrogen) atoms. The molecular weight excluding hydrogens is 174 g/mol. The molecule has 2 heterocycles. The molecule has 0 radical (unpaired) electrons. The molecule has 0 aromatic carbocycles. The summed E-state index contributed by atoms with van der Waals surface area (Å²) in [5.74, 6) is 0.968. The summed E-state index contributed by atoms with van der Waals surface area (Å²) in [5, 5.41) is 12.9. The van der Waals surface area contributed by atoms with E-state index in [0.29, 0.717) is 12.0 Å². The Morgan fingerprint density at radius 2 is 1.86 bits per heavy atom. The third-order valence-corrected chi connectivity index (χ3v) is 4.99. The molecule has 2 aliphatic carbocycles. The fraction of sp³-hybridized carbons (Fsp3) is 1.00. The molecule has 2 saturated heterocycles. The Morgan fingerprint density at radius 3 is 2.50 bits per heavy atom. The smallest absolute Gasteiger partial charge is 0.0500 e. The molecule has 2 heteroatoms. The van der Waals surface area contributed by atoms with Crippen molar-refractivity contribution < 1.29 is 5.11 Å². The highest BCUT2D eigenvalue weighted by Gasteiger charge is 2.59. The van der Waals surface area contributed by atoms with Gasteiger partial charge in [0.2, 0.25) is 0 Å². The average molecular weight is 195 g/mol. The SMILES string of the molecule is OCC12CNCC(C3CCCC3)(C1)C2. The lowest BCUT2D eigenvalue weighted by atomic mass is 9.46. The van der Waals surface area contributed by atoms with Gasteiger partial charge in [0.05, 0.1) is 0 Å². The zero-order valence-corrected chi connectivity index (χ0v) is 8.89. The van der Waals surface area contributed by atoms with E-state index >= 15 is 0 Å². The number of nitrogens with one attached hydrogen (secondary N) is 1. The van der Waals surface area contributed by atoms with Crippen LogP contribution in [0.1, 0.15) is 38.5 Å². The highest BCUT2D eigenvalue weighted by molar-refractivity contribution is 5.11. The van der Waals surface area contributed by atoms with Gasteiger partial charge < -0.3 is 10.4 Å². The van der Waals surface area contributed by atoms with Gasteiger partial charge in [0, 0.05) is 25.1 Å². The van der Waals surface area contributed by atoms with Gasteiger partial charge in [0.1, 0.15) is 0 Å². The van der Waals surface area contributed by atoms with Crippen LogP contribution in [0.5, 0.6) is 0 Å². The lowest BCUT2D eigenvalue weighted by Crippen LogP contribution is -2.65. The lowest BCUT2D eigenvalue weighted by molar-refractivity contribution is -0.135. The Bertz CT molecular complexity index is 226. The van der Waals surface area contributed by atoms with Crippen molar-refractivity contribution in [3.63, 3.8) is 0 Å². The Kier molecular flexibility index (Phi) is 1.94. The van der Waals surface area contributed by atoms with Crippen LogP contribution in [-0.2, 0) is 0 Å². The summed E-state index contributed by atoms with van der Waals surface area (Å²) in [4.78, 5) is 0. The van der Waals surface area contributed by atoms with E-state index in [1.807, 2.05) is 0 Å². The van der Waals surface area contributed by atoms with E-state index in [9.17, 15) is 5.11 Å². The molecular formula is C12H21NO. The predicted octanol–water partition coefficient (Wildman–Crippen LogP) is 1.54. The van der Waals surface area contributed by atoms with Gasteiger partial charge in [-0.2, -0.15) is 0 Å². The first-order valence-corrected chi connectivity index (χ1v) is 6.10. The van der Waals surface area contributed by atoms with E-state index in [2.05, 4.69) is 5.32 Å². The van der Waals surface area contributed by atoms with E-state index in [1.54, 1.807) is 0 Å². The van der Waals surface area contributed by atoms with Crippen LogP contribution in [0.15, 0.2) is 0 Å². The van der Waals surface area contributed by atoms with Gasteiger partial charge in [-0.25, -0.2) is 0 Å². The molecule has 2 aliphatic heterocycles. The second-order valence-electron chi connectivity index (χ2n) is 5.96. The van der Waals surface area contributed by atoms with Crippen LogP contribution < -0.4 is 5.32 Å². The first kappa shape index (κ1) is 9.17. The van der Waals surface area contributed by atoms with E-state index in [0.717, 1.165) is 12.5 Å². The molecule has 4 rings (SSSR count). The first-order chi connectivity index (χ1) is 6.79. The van der Waals surface area contributed by atoms with Gasteiger partial charge in [0.15, 0.2) is 0 Å². The van der Waals surface area contributed by atoms with E-state index in [1.165, 1.54) is 45.1 Å². The summed E-state index contributed by atoms with van der Waals surface area (Å²) in [6, 6.07) is 0. The fourth-order valence-electron chi connectivity index (χ4n) is 4.41. The molecule has 0 aromatic heterocycles. The Balaban J connectivity index is 1.74. The molecule has 4 aliphatic rings. The second kappa shape index (κ2) is 2.96. The van der Waals surface area contributed by atoms with Crippen molar-refractivity contribution in [3.8, 4) is 0 Å². The van der Waals surface area contributed by atoms with Crippen LogP contribution in [0.25, 0.3) is 0 Å². The van der Waals surface area contributed by atoms with Crippen LogP contribution >= 0.6 is 0 Å². The van der Waals surface area contributed by atoms with Crippen LogP contribution in [0, 0.1) is 16.7 Å². The van der Waals surface area contributed by atoms with Crippen LogP contribution in [0.2, 0.25) is 0 Å². The van der Waals surface area contributed by atoms with Crippen molar-refractivity contribution in [2.75, 3.05) is 19.7 Å². The van der Waals surface area contributed by atoms with Crippen molar-refractivity contribution >= 4 is 0 Å². The van der Waals surface area contributed by atoms with Gasteiger partial charge in [-0.1, -0.05) is 12.8 Å². The van der Waals surface area contributed by atoms with Crippen LogP contribution in [0.4, 0.5) is 0 Å². The predicted molar refractivity (Wildman–Crippen MR) is 56.0 cm³/mol. The van der Waals surface area contributed by atoms with Gasteiger partial charge in [-0.05, 0) is 37.0 Å². The number of aliphatic hydroxyl groups excluding tert-OH is 1. The third-order valence-electron chi connectivity index (χ3n) is 4.99. The molecule has 80 valence electrons. The molecule has 4 fully saturated rings. The van der Waals surface area contributed by atoms with Crippen molar-refractivity contribution in [1.82, 2.24) is 5.32 Å². The summed E-state index contributed by atoms with van der Waals surface area (Å²) in [5.41, 5.74) is 0.873. The van der Waals surface area contributed by atoms with Gasteiger partial charge in [-0.15, -0.1) is 0 Å². The summed E-state index contributed by atoms with van der Waals surface area (Å²) in [6.07, 6.45) is 8.38. The largest absolute Gasteiger partial charge is 0.396 e. The van der Waals surface area contributed by atoms with Gasteiger partial charge >= 0.3 is 0 Å². The minimum absolute atomic E-state index is 0.279. The number of piperidine rings is 2.